The van der Waals surface area contributed by atoms with Crippen LogP contribution < -0.4 is 0 Å². The third-order valence-corrected chi connectivity index (χ3v) is 4.23. The molecule has 24 heavy (non-hydrogen) atoms. The summed E-state index contributed by atoms with van der Waals surface area (Å²) in [5.41, 5.74) is 0.392. The van der Waals surface area contributed by atoms with Gasteiger partial charge in [-0.3, -0.25) is 0 Å². The molecule has 0 N–H and O–H groups in total. The molecule has 124 valence electrons. The van der Waals surface area contributed by atoms with Crippen LogP contribution in [-0.4, -0.2) is 21.0 Å². The van der Waals surface area contributed by atoms with E-state index in [4.69, 9.17) is 11.6 Å². The second-order valence-electron chi connectivity index (χ2n) is 4.89. The summed E-state index contributed by atoms with van der Waals surface area (Å²) >= 11 is 7.30. The Kier molecular flexibility index (Phi) is 4.56. The average molecular weight is 370 g/mol. The van der Waals surface area contributed by atoms with Gasteiger partial charge in [0.25, 0.3) is 0 Å². The maximum absolute atomic E-state index is 13.1. The van der Waals surface area contributed by atoms with Crippen LogP contribution in [0.5, 0.6) is 0 Å². The second kappa shape index (κ2) is 6.49. The first-order chi connectivity index (χ1) is 11.4. The SMILES string of the molecule is CSc1ccc(-n2nc(C(F)(F)F)cc2-c2ccc(Cl)cc2)cn1. The quantitative estimate of drug-likeness (QED) is 0.585. The minimum atomic E-state index is -4.53. The van der Waals surface area contributed by atoms with Gasteiger partial charge in [0, 0.05) is 10.6 Å². The average Bonchev–Trinajstić information content (AvgIpc) is 3.01. The molecule has 0 saturated heterocycles. The number of benzene rings is 1. The smallest absolute Gasteiger partial charge is 0.248 e. The predicted octanol–water partition coefficient (Wildman–Crippen LogP) is 5.33. The third-order valence-electron chi connectivity index (χ3n) is 3.31. The maximum atomic E-state index is 13.1. The van der Waals surface area contributed by atoms with Gasteiger partial charge in [0.15, 0.2) is 5.69 Å². The van der Waals surface area contributed by atoms with Gasteiger partial charge >= 0.3 is 6.18 Å². The van der Waals surface area contributed by atoms with Crippen LogP contribution in [0.4, 0.5) is 13.2 Å². The number of rotatable bonds is 3. The van der Waals surface area contributed by atoms with E-state index in [-0.39, 0.29) is 0 Å². The zero-order valence-electron chi connectivity index (χ0n) is 12.4. The van der Waals surface area contributed by atoms with Crippen molar-refractivity contribution in [3.8, 4) is 16.9 Å². The molecule has 0 aliphatic heterocycles. The summed E-state index contributed by atoms with van der Waals surface area (Å²) < 4.78 is 40.5. The Balaban J connectivity index is 2.15. The van der Waals surface area contributed by atoms with Crippen molar-refractivity contribution in [2.75, 3.05) is 6.26 Å². The highest BCUT2D eigenvalue weighted by atomic mass is 35.5. The van der Waals surface area contributed by atoms with Crippen molar-refractivity contribution in [1.29, 1.82) is 0 Å². The highest BCUT2D eigenvalue weighted by Gasteiger charge is 2.35. The zero-order chi connectivity index (χ0) is 17.3. The molecule has 8 heteroatoms. The van der Waals surface area contributed by atoms with Crippen molar-refractivity contribution in [2.24, 2.45) is 0 Å². The van der Waals surface area contributed by atoms with Crippen LogP contribution in [0.2, 0.25) is 5.02 Å². The molecule has 0 bridgehead atoms. The van der Waals surface area contributed by atoms with Gasteiger partial charge in [0.1, 0.15) is 0 Å². The number of aromatic nitrogens is 3. The molecule has 0 radical (unpaired) electrons. The van der Waals surface area contributed by atoms with Crippen molar-refractivity contribution in [1.82, 2.24) is 14.8 Å². The number of hydrogen-bond acceptors (Lipinski definition) is 3. The molecule has 0 saturated carbocycles. The Morgan fingerprint density at radius 3 is 2.33 bits per heavy atom. The molecule has 0 amide bonds. The third kappa shape index (κ3) is 3.42. The van der Waals surface area contributed by atoms with Crippen LogP contribution in [0.3, 0.4) is 0 Å². The summed E-state index contributed by atoms with van der Waals surface area (Å²) in [7, 11) is 0. The molecule has 0 aliphatic rings. The van der Waals surface area contributed by atoms with E-state index in [1.165, 1.54) is 22.6 Å². The number of hydrogen-bond donors (Lipinski definition) is 0. The van der Waals surface area contributed by atoms with Crippen LogP contribution in [0.25, 0.3) is 16.9 Å². The van der Waals surface area contributed by atoms with Crippen LogP contribution in [-0.2, 0) is 6.18 Å². The van der Waals surface area contributed by atoms with Crippen molar-refractivity contribution >= 4 is 23.4 Å². The molecule has 0 unspecified atom stereocenters. The van der Waals surface area contributed by atoms with Crippen LogP contribution in [0.1, 0.15) is 5.69 Å². The second-order valence-corrected chi connectivity index (χ2v) is 6.15. The first-order valence-corrected chi connectivity index (χ1v) is 8.42. The summed E-state index contributed by atoms with van der Waals surface area (Å²) in [5, 5.41) is 5.00. The molecule has 2 heterocycles. The summed E-state index contributed by atoms with van der Waals surface area (Å²) in [6.07, 6.45) is -1.16. The van der Waals surface area contributed by atoms with Crippen LogP contribution in [0, 0.1) is 0 Å². The van der Waals surface area contributed by atoms with E-state index in [9.17, 15) is 13.2 Å². The van der Waals surface area contributed by atoms with Gasteiger partial charge < -0.3 is 0 Å². The van der Waals surface area contributed by atoms with Crippen LogP contribution in [0.15, 0.2) is 53.7 Å². The Labute approximate surface area is 145 Å². The molecule has 3 aromatic rings. The van der Waals surface area contributed by atoms with E-state index in [1.807, 2.05) is 6.26 Å². The van der Waals surface area contributed by atoms with E-state index in [0.717, 1.165) is 11.1 Å². The van der Waals surface area contributed by atoms with Gasteiger partial charge in [-0.25, -0.2) is 9.67 Å². The first-order valence-electron chi connectivity index (χ1n) is 6.82. The van der Waals surface area contributed by atoms with Gasteiger partial charge in [-0.05, 0) is 36.6 Å². The largest absolute Gasteiger partial charge is 0.435 e. The first kappa shape index (κ1) is 16.9. The number of halogens is 4. The molecular formula is C16H11ClF3N3S. The topological polar surface area (TPSA) is 30.7 Å². The Bertz CT molecular complexity index is 842. The van der Waals surface area contributed by atoms with Crippen molar-refractivity contribution in [2.45, 2.75) is 11.2 Å². The predicted molar refractivity (Wildman–Crippen MR) is 88.6 cm³/mol. The fourth-order valence-corrected chi connectivity index (χ4v) is 2.65. The van der Waals surface area contributed by atoms with Gasteiger partial charge in [0.05, 0.1) is 22.6 Å². The number of alkyl halides is 3. The monoisotopic (exact) mass is 369 g/mol. The fourth-order valence-electron chi connectivity index (χ4n) is 2.16. The van der Waals surface area contributed by atoms with Crippen molar-refractivity contribution in [3.05, 3.63) is 59.4 Å². The molecule has 0 atom stereocenters. The molecule has 2 aromatic heterocycles. The molecule has 0 aliphatic carbocycles. The van der Waals surface area contributed by atoms with E-state index >= 15 is 0 Å². The van der Waals surface area contributed by atoms with Gasteiger partial charge in [-0.1, -0.05) is 23.7 Å². The van der Waals surface area contributed by atoms with Crippen molar-refractivity contribution < 1.29 is 13.2 Å². The standard InChI is InChI=1S/C16H11ClF3N3S/c1-24-15-7-6-12(9-21-15)23-13(8-14(22-23)16(18,19)20)10-2-4-11(17)5-3-10/h2-9H,1H3. The van der Waals surface area contributed by atoms with E-state index < -0.39 is 11.9 Å². The Morgan fingerprint density at radius 1 is 1.08 bits per heavy atom. The van der Waals surface area contributed by atoms with E-state index in [1.54, 1.807) is 36.4 Å². The minimum Gasteiger partial charge on any atom is -0.248 e. The van der Waals surface area contributed by atoms with Crippen LogP contribution >= 0.6 is 23.4 Å². The van der Waals surface area contributed by atoms with Gasteiger partial charge in [-0.2, -0.15) is 18.3 Å². The lowest BCUT2D eigenvalue weighted by Crippen LogP contribution is -2.07. The van der Waals surface area contributed by atoms with E-state index in [0.29, 0.717) is 22.0 Å². The molecule has 3 rings (SSSR count). The van der Waals surface area contributed by atoms with Gasteiger partial charge in [0.2, 0.25) is 0 Å². The van der Waals surface area contributed by atoms with E-state index in [2.05, 4.69) is 10.1 Å². The normalized spacial score (nSPS) is 11.7. The summed E-state index contributed by atoms with van der Waals surface area (Å²) in [5.74, 6) is 0. The lowest BCUT2D eigenvalue weighted by molar-refractivity contribution is -0.141. The Hall–Kier alpha value is -1.99. The number of thioether (sulfide) groups is 1. The number of pyridine rings is 1. The highest BCUT2D eigenvalue weighted by Crippen LogP contribution is 2.33. The Morgan fingerprint density at radius 2 is 1.79 bits per heavy atom. The fraction of sp³-hybridized carbons (Fsp3) is 0.125. The number of nitrogens with zero attached hydrogens (tertiary/aromatic N) is 3. The van der Waals surface area contributed by atoms with Gasteiger partial charge in [-0.15, -0.1) is 11.8 Å². The zero-order valence-corrected chi connectivity index (χ0v) is 14.0. The molecule has 0 fully saturated rings. The molecule has 0 spiro atoms. The maximum Gasteiger partial charge on any atom is 0.435 e. The lowest BCUT2D eigenvalue weighted by atomic mass is 10.1. The molecule has 3 nitrogen and oxygen atoms in total. The summed E-state index contributed by atoms with van der Waals surface area (Å²) in [6.45, 7) is 0. The minimum absolute atomic E-state index is 0.317. The lowest BCUT2D eigenvalue weighted by Gasteiger charge is -2.08. The van der Waals surface area contributed by atoms with Crippen molar-refractivity contribution in [3.63, 3.8) is 0 Å². The molecular weight excluding hydrogens is 359 g/mol. The summed E-state index contributed by atoms with van der Waals surface area (Å²) in [4.78, 5) is 4.19. The summed E-state index contributed by atoms with van der Waals surface area (Å²) in [6, 6.07) is 11.0. The highest BCUT2D eigenvalue weighted by molar-refractivity contribution is 7.98. The molecule has 1 aromatic carbocycles.